The lowest BCUT2D eigenvalue weighted by atomic mass is 9.94. The minimum absolute atomic E-state index is 0. The Labute approximate surface area is 256 Å². The highest BCUT2D eigenvalue weighted by atomic mass is 19.1. The number of para-hydroxylation sites is 1. The Hall–Kier alpha value is -4.29. The number of halogens is 1. The lowest BCUT2D eigenvalue weighted by Crippen LogP contribution is -2.22. The molecule has 44 heavy (non-hydrogen) atoms. The lowest BCUT2D eigenvalue weighted by molar-refractivity contribution is -0.139. The fourth-order valence-electron chi connectivity index (χ4n) is 5.20. The van der Waals surface area contributed by atoms with Gasteiger partial charge in [0.2, 0.25) is 0 Å². The van der Waals surface area contributed by atoms with Gasteiger partial charge in [0.05, 0.1) is 29.9 Å². The molecule has 1 radical (unpaired) electrons. The molecule has 0 saturated carbocycles. The summed E-state index contributed by atoms with van der Waals surface area (Å²) in [5.41, 5.74) is 4.77. The van der Waals surface area contributed by atoms with E-state index in [0.717, 1.165) is 11.3 Å². The van der Waals surface area contributed by atoms with E-state index in [0.29, 0.717) is 28.1 Å². The normalized spacial score (nSPS) is 12.2. The summed E-state index contributed by atoms with van der Waals surface area (Å²) in [7, 11) is 0. The minimum atomic E-state index is -1.18. The molecule has 0 fully saturated rings. The monoisotopic (exact) mass is 603 g/mol. The number of carbonyl (C=O) groups excluding carboxylic acids is 1. The van der Waals surface area contributed by atoms with Crippen LogP contribution in [0.4, 0.5) is 10.1 Å². The van der Waals surface area contributed by atoms with Crippen molar-refractivity contribution in [2.45, 2.75) is 57.8 Å². The van der Waals surface area contributed by atoms with Crippen LogP contribution in [0.3, 0.4) is 0 Å². The summed E-state index contributed by atoms with van der Waals surface area (Å²) in [6.45, 7) is 4.25. The van der Waals surface area contributed by atoms with E-state index in [9.17, 15) is 24.2 Å². The van der Waals surface area contributed by atoms with Gasteiger partial charge in [-0.05, 0) is 66.3 Å². The molecule has 9 nitrogen and oxygen atoms in total. The number of benzene rings is 3. The largest absolute Gasteiger partial charge is 0.482 e. The maximum Gasteiger partial charge on any atom is 0.482 e. The molecule has 0 unspecified atom stereocenters. The first-order chi connectivity index (χ1) is 21.1. The summed E-state index contributed by atoms with van der Waals surface area (Å²) in [4.78, 5) is 25.0. The molecule has 4 rings (SSSR count). The molecular weight excluding hydrogens is 566 g/mol. The van der Waals surface area contributed by atoms with Crippen molar-refractivity contribution in [3.05, 3.63) is 102 Å². The summed E-state index contributed by atoms with van der Waals surface area (Å²) in [5, 5.41) is 46.8. The lowest BCUT2D eigenvalue weighted by Gasteiger charge is -2.20. The van der Waals surface area contributed by atoms with E-state index in [4.69, 9.17) is 15.2 Å². The van der Waals surface area contributed by atoms with Crippen LogP contribution in [0.15, 0.2) is 84.9 Å². The molecule has 11 heteroatoms. The highest BCUT2D eigenvalue weighted by Gasteiger charge is 2.31. The number of aliphatic hydroxyl groups excluding tert-OH is 2. The van der Waals surface area contributed by atoms with Crippen molar-refractivity contribution in [1.29, 1.82) is 0 Å². The van der Waals surface area contributed by atoms with Gasteiger partial charge in [-0.3, -0.25) is 9.59 Å². The Balaban J connectivity index is 0.00000169. The summed E-state index contributed by atoms with van der Waals surface area (Å²) < 4.78 is 16.0. The zero-order chi connectivity index (χ0) is 32.2. The third-order valence-electron chi connectivity index (χ3n) is 6.93. The van der Waals surface area contributed by atoms with E-state index in [-0.39, 0.29) is 44.7 Å². The molecule has 231 valence electrons. The number of nitrogens with one attached hydrogen (secondary N) is 1. The summed E-state index contributed by atoms with van der Waals surface area (Å²) >= 11 is 0. The summed E-state index contributed by atoms with van der Waals surface area (Å²) in [5.74, 6) is -1.93. The van der Waals surface area contributed by atoms with Crippen molar-refractivity contribution in [1.82, 2.24) is 4.57 Å². The summed E-state index contributed by atoms with van der Waals surface area (Å²) in [6.07, 6.45) is -2.51. The number of aliphatic hydroxyl groups is 2. The van der Waals surface area contributed by atoms with Gasteiger partial charge in [0.1, 0.15) is 5.82 Å². The van der Waals surface area contributed by atoms with Crippen LogP contribution in [0.5, 0.6) is 0 Å². The smallest absolute Gasteiger partial charge is 0.481 e. The van der Waals surface area contributed by atoms with Crippen molar-refractivity contribution in [3.63, 3.8) is 0 Å². The van der Waals surface area contributed by atoms with E-state index in [2.05, 4.69) is 5.32 Å². The zero-order valence-electron chi connectivity index (χ0n) is 24.6. The van der Waals surface area contributed by atoms with Crippen LogP contribution in [-0.4, -0.2) is 61.7 Å². The highest BCUT2D eigenvalue weighted by Crippen LogP contribution is 2.42. The molecule has 0 bridgehead atoms. The molecule has 1 amide bonds. The molecule has 0 spiro atoms. The van der Waals surface area contributed by atoms with E-state index >= 15 is 0 Å². The fourth-order valence-corrected chi connectivity index (χ4v) is 5.20. The number of anilines is 1. The Kier molecular flexibility index (Phi) is 12.9. The van der Waals surface area contributed by atoms with Gasteiger partial charge in [-0.1, -0.05) is 62.4 Å². The van der Waals surface area contributed by atoms with Gasteiger partial charge < -0.3 is 35.3 Å². The van der Waals surface area contributed by atoms with Crippen LogP contribution in [-0.2, 0) is 11.3 Å². The van der Waals surface area contributed by atoms with Gasteiger partial charge in [-0.15, -0.1) is 0 Å². The first-order valence-corrected chi connectivity index (χ1v) is 14.2. The first kappa shape index (κ1) is 34.2. The van der Waals surface area contributed by atoms with Crippen molar-refractivity contribution >= 4 is 25.2 Å². The average molecular weight is 603 g/mol. The molecule has 0 saturated heterocycles. The van der Waals surface area contributed by atoms with Crippen LogP contribution in [0, 0.1) is 5.82 Å². The Morgan fingerprint density at radius 1 is 0.864 bits per heavy atom. The molecule has 1 heterocycles. The van der Waals surface area contributed by atoms with Gasteiger partial charge in [-0.2, -0.15) is 0 Å². The van der Waals surface area contributed by atoms with Crippen LogP contribution in [0.1, 0.15) is 55.1 Å². The number of carboxylic acids is 1. The molecule has 3 aromatic carbocycles. The number of aromatic nitrogens is 1. The zero-order valence-corrected chi connectivity index (χ0v) is 24.6. The van der Waals surface area contributed by atoms with Crippen molar-refractivity contribution in [2.75, 3.05) is 5.32 Å². The predicted octanol–water partition coefficient (Wildman–Crippen LogP) is 4.82. The maximum absolute atomic E-state index is 14.0. The number of amides is 1. The topological polar surface area (TPSA) is 152 Å². The van der Waals surface area contributed by atoms with Crippen molar-refractivity contribution < 1.29 is 39.3 Å². The number of rotatable bonds is 12. The second-order valence-electron chi connectivity index (χ2n) is 10.5. The number of nitrogens with zero attached hydrogens (tertiary/aromatic N) is 1. The molecule has 2 atom stereocenters. The SMILES string of the molecule is CC(C)c1c(C(=O)Nc2ccccc2)c(-c2ccccc2)c(-c2ccc(F)cc2)n1CC[C@@H](O)C[C@@H](O)CC(=O)O.O[B]O. The number of hydrogen-bond acceptors (Lipinski definition) is 6. The number of hydrogen-bond donors (Lipinski definition) is 6. The summed E-state index contributed by atoms with van der Waals surface area (Å²) in [6, 6.07) is 24.8. The van der Waals surface area contributed by atoms with Crippen LogP contribution in [0.2, 0.25) is 0 Å². The second-order valence-corrected chi connectivity index (χ2v) is 10.5. The number of aliphatic carboxylic acids is 1. The second kappa shape index (κ2) is 16.5. The molecule has 0 aliphatic carbocycles. The van der Waals surface area contributed by atoms with Crippen molar-refractivity contribution in [2.24, 2.45) is 0 Å². The van der Waals surface area contributed by atoms with Gasteiger partial charge in [0.25, 0.3) is 5.91 Å². The van der Waals surface area contributed by atoms with Gasteiger partial charge in [0, 0.05) is 23.5 Å². The number of carboxylic acid groups (broad SMARTS) is 1. The first-order valence-electron chi connectivity index (χ1n) is 14.2. The van der Waals surface area contributed by atoms with Gasteiger partial charge >= 0.3 is 13.7 Å². The maximum atomic E-state index is 14.0. The molecule has 6 N–H and O–H groups in total. The fraction of sp³-hybridized carbons (Fsp3) is 0.273. The molecule has 0 aliphatic rings. The van der Waals surface area contributed by atoms with Gasteiger partial charge in [0.15, 0.2) is 0 Å². The molecule has 1 aromatic heterocycles. The van der Waals surface area contributed by atoms with Crippen LogP contribution < -0.4 is 5.32 Å². The number of carbonyl (C=O) groups is 2. The minimum Gasteiger partial charge on any atom is -0.481 e. The molecule has 0 aliphatic heterocycles. The van der Waals surface area contributed by atoms with Gasteiger partial charge in [-0.25, -0.2) is 4.39 Å². The third-order valence-corrected chi connectivity index (χ3v) is 6.93. The Morgan fingerprint density at radius 2 is 1.43 bits per heavy atom. The highest BCUT2D eigenvalue weighted by molar-refractivity contribution is 6.13. The third kappa shape index (κ3) is 9.11. The average Bonchev–Trinajstić information content (AvgIpc) is 3.33. The molecular formula is C33H37BFN2O7. The Bertz CT molecular complexity index is 1500. The van der Waals surface area contributed by atoms with Crippen LogP contribution in [0.25, 0.3) is 22.4 Å². The molecule has 4 aromatic rings. The predicted molar refractivity (Wildman–Crippen MR) is 167 cm³/mol. The van der Waals surface area contributed by atoms with E-state index in [1.54, 1.807) is 12.1 Å². The van der Waals surface area contributed by atoms with Crippen molar-refractivity contribution in [3.8, 4) is 22.4 Å². The van der Waals surface area contributed by atoms with Crippen LogP contribution >= 0.6 is 0 Å². The Morgan fingerprint density at radius 3 is 1.98 bits per heavy atom. The van der Waals surface area contributed by atoms with E-state index in [1.165, 1.54) is 12.1 Å². The standard InChI is InChI=1S/C33H35FN2O5.BH2O2/c1-21(2)31-30(33(41)35-25-11-7-4-8-12-25)29(22-9-5-3-6-10-22)32(23-13-15-24(34)16-14-23)36(31)18-17-26(37)19-27(38)20-28(39)40;2-1-3/h3-16,21,26-27,37-38H,17-20H2,1-2H3,(H,35,41)(H,39,40);2-3H/t26-,27-;/m1./s1. The quantitative estimate of drug-likeness (QED) is 0.127. The van der Waals surface area contributed by atoms with E-state index < -0.39 is 24.6 Å². The van der Waals surface area contributed by atoms with E-state index in [1.807, 2.05) is 79.1 Å².